The lowest BCUT2D eigenvalue weighted by Crippen LogP contribution is -2.33. The van der Waals surface area contributed by atoms with Gasteiger partial charge in [-0.3, -0.25) is 4.79 Å². The van der Waals surface area contributed by atoms with Gasteiger partial charge < -0.3 is 19.0 Å². The second kappa shape index (κ2) is 6.10. The molecule has 0 aliphatic carbocycles. The molecule has 0 atom stereocenters. The monoisotopic (exact) mass is 276 g/mol. The van der Waals surface area contributed by atoms with Gasteiger partial charge in [0.1, 0.15) is 18.0 Å². The van der Waals surface area contributed by atoms with Crippen molar-refractivity contribution in [3.05, 3.63) is 48.2 Å². The van der Waals surface area contributed by atoms with Crippen molar-refractivity contribution in [3.63, 3.8) is 0 Å². The summed E-state index contributed by atoms with van der Waals surface area (Å²) in [4.78, 5) is 24.8. The van der Waals surface area contributed by atoms with Gasteiger partial charge in [0.25, 0.3) is 0 Å². The summed E-state index contributed by atoms with van der Waals surface area (Å²) in [6, 6.07) is 6.65. The number of aromatic nitrogens is 1. The Morgan fingerprint density at radius 2 is 2.15 bits per heavy atom. The number of carbonyl (C=O) groups is 2. The van der Waals surface area contributed by atoms with Crippen molar-refractivity contribution in [2.24, 2.45) is 0 Å². The maximum Gasteiger partial charge on any atom is 0.352 e. The van der Waals surface area contributed by atoms with Crippen molar-refractivity contribution in [1.29, 1.82) is 0 Å². The van der Waals surface area contributed by atoms with E-state index in [-0.39, 0.29) is 18.1 Å². The number of hydrogen-bond acceptors (Lipinski definition) is 3. The van der Waals surface area contributed by atoms with Gasteiger partial charge in [0.2, 0.25) is 5.91 Å². The van der Waals surface area contributed by atoms with Crippen LogP contribution in [0.2, 0.25) is 0 Å². The summed E-state index contributed by atoms with van der Waals surface area (Å²) < 4.78 is 6.64. The molecule has 0 aliphatic heterocycles. The Morgan fingerprint density at radius 3 is 2.75 bits per heavy atom. The minimum Gasteiger partial charge on any atom is -0.477 e. The molecule has 0 bridgehead atoms. The Bertz CT molecular complexity index is 586. The van der Waals surface area contributed by atoms with Crippen LogP contribution in [-0.2, 0) is 17.9 Å². The highest BCUT2D eigenvalue weighted by atomic mass is 16.4. The van der Waals surface area contributed by atoms with Crippen molar-refractivity contribution in [2.75, 3.05) is 6.54 Å². The Kier molecular flexibility index (Phi) is 4.24. The van der Waals surface area contributed by atoms with Crippen molar-refractivity contribution in [2.45, 2.75) is 20.0 Å². The van der Waals surface area contributed by atoms with Gasteiger partial charge >= 0.3 is 5.97 Å². The van der Waals surface area contributed by atoms with E-state index < -0.39 is 5.97 Å². The lowest BCUT2D eigenvalue weighted by molar-refractivity contribution is -0.132. The summed E-state index contributed by atoms with van der Waals surface area (Å²) in [5.41, 5.74) is 0.104. The van der Waals surface area contributed by atoms with Gasteiger partial charge in [-0.15, -0.1) is 0 Å². The smallest absolute Gasteiger partial charge is 0.352 e. The summed E-state index contributed by atoms with van der Waals surface area (Å²) in [5.74, 6) is -0.495. The van der Waals surface area contributed by atoms with Gasteiger partial charge in [-0.1, -0.05) is 0 Å². The number of nitrogens with zero attached hydrogens (tertiary/aromatic N) is 2. The fourth-order valence-corrected chi connectivity index (χ4v) is 1.96. The van der Waals surface area contributed by atoms with Crippen LogP contribution in [0.3, 0.4) is 0 Å². The number of carboxylic acids is 1. The molecule has 0 aliphatic rings. The number of hydrogen-bond donors (Lipinski definition) is 1. The third kappa shape index (κ3) is 3.09. The molecule has 0 saturated heterocycles. The van der Waals surface area contributed by atoms with E-state index in [1.54, 1.807) is 35.6 Å². The average molecular weight is 276 g/mol. The molecule has 20 heavy (non-hydrogen) atoms. The maximum absolute atomic E-state index is 12.2. The molecule has 0 radical (unpaired) electrons. The molecule has 1 amide bonds. The standard InChI is InChI=1S/C14H16N2O4/c1-2-15(9-11-5-4-8-20-11)13(17)10-16-7-3-6-12(16)14(18)19/h3-8H,2,9-10H2,1H3,(H,18,19). The van der Waals surface area contributed by atoms with Gasteiger partial charge in [0.15, 0.2) is 0 Å². The zero-order chi connectivity index (χ0) is 14.5. The van der Waals surface area contributed by atoms with E-state index in [2.05, 4.69) is 0 Å². The van der Waals surface area contributed by atoms with Gasteiger partial charge in [0.05, 0.1) is 12.8 Å². The Labute approximate surface area is 116 Å². The van der Waals surface area contributed by atoms with Crippen LogP contribution in [0.4, 0.5) is 0 Å². The summed E-state index contributed by atoms with van der Waals surface area (Å²) in [7, 11) is 0. The third-order valence-electron chi connectivity index (χ3n) is 3.02. The lowest BCUT2D eigenvalue weighted by Gasteiger charge is -2.20. The van der Waals surface area contributed by atoms with Crippen LogP contribution in [-0.4, -0.2) is 33.0 Å². The largest absolute Gasteiger partial charge is 0.477 e. The molecule has 1 N–H and O–H groups in total. The first kappa shape index (κ1) is 13.9. The zero-order valence-corrected chi connectivity index (χ0v) is 11.2. The first-order valence-corrected chi connectivity index (χ1v) is 6.30. The van der Waals surface area contributed by atoms with Crippen LogP contribution in [0.1, 0.15) is 23.2 Å². The second-order valence-electron chi connectivity index (χ2n) is 4.31. The summed E-state index contributed by atoms with van der Waals surface area (Å²) >= 11 is 0. The molecule has 6 heteroatoms. The predicted octanol–water partition coefficient (Wildman–Crippen LogP) is 1.83. The van der Waals surface area contributed by atoms with E-state index >= 15 is 0 Å². The van der Waals surface area contributed by atoms with E-state index in [1.807, 2.05) is 6.92 Å². The molecular formula is C14H16N2O4. The molecule has 0 fully saturated rings. The van der Waals surface area contributed by atoms with Crippen LogP contribution in [0, 0.1) is 0 Å². The lowest BCUT2D eigenvalue weighted by atomic mass is 10.3. The third-order valence-corrected chi connectivity index (χ3v) is 3.02. The molecule has 6 nitrogen and oxygen atoms in total. The Hall–Kier alpha value is -2.50. The van der Waals surface area contributed by atoms with Crippen LogP contribution in [0.25, 0.3) is 0 Å². The number of aromatic carboxylic acids is 1. The van der Waals surface area contributed by atoms with Crippen molar-refractivity contribution < 1.29 is 19.1 Å². The van der Waals surface area contributed by atoms with Gasteiger partial charge in [-0.05, 0) is 31.2 Å². The molecule has 0 aromatic carbocycles. The molecule has 2 aromatic heterocycles. The van der Waals surface area contributed by atoms with E-state index in [9.17, 15) is 9.59 Å². The SMILES string of the molecule is CCN(Cc1ccco1)C(=O)Cn1cccc1C(=O)O. The average Bonchev–Trinajstić information content (AvgIpc) is 3.06. The summed E-state index contributed by atoms with van der Waals surface area (Å²) in [6.07, 6.45) is 3.14. The van der Waals surface area contributed by atoms with E-state index in [0.29, 0.717) is 18.8 Å². The molecule has 2 aromatic rings. The van der Waals surface area contributed by atoms with E-state index in [1.165, 1.54) is 10.6 Å². The zero-order valence-electron chi connectivity index (χ0n) is 11.2. The van der Waals surface area contributed by atoms with Crippen LogP contribution >= 0.6 is 0 Å². The van der Waals surface area contributed by atoms with Gasteiger partial charge in [-0.25, -0.2) is 4.79 Å². The number of amides is 1. The highest BCUT2D eigenvalue weighted by Crippen LogP contribution is 2.08. The number of carbonyl (C=O) groups excluding carboxylic acids is 1. The topological polar surface area (TPSA) is 75.7 Å². The van der Waals surface area contributed by atoms with Crippen LogP contribution in [0.15, 0.2) is 41.1 Å². The Morgan fingerprint density at radius 1 is 1.35 bits per heavy atom. The summed E-state index contributed by atoms with van der Waals surface area (Å²) in [5, 5.41) is 9.01. The fraction of sp³-hybridized carbons (Fsp3) is 0.286. The van der Waals surface area contributed by atoms with Crippen molar-refractivity contribution in [3.8, 4) is 0 Å². The van der Waals surface area contributed by atoms with E-state index in [4.69, 9.17) is 9.52 Å². The molecule has 0 unspecified atom stereocenters. The minimum absolute atomic E-state index is 0.00316. The van der Waals surface area contributed by atoms with Gasteiger partial charge in [0, 0.05) is 12.7 Å². The number of carboxylic acid groups (broad SMARTS) is 1. The fourth-order valence-electron chi connectivity index (χ4n) is 1.96. The van der Waals surface area contributed by atoms with Crippen LogP contribution < -0.4 is 0 Å². The van der Waals surface area contributed by atoms with Crippen molar-refractivity contribution in [1.82, 2.24) is 9.47 Å². The second-order valence-corrected chi connectivity index (χ2v) is 4.31. The maximum atomic E-state index is 12.2. The molecule has 2 heterocycles. The molecule has 106 valence electrons. The van der Waals surface area contributed by atoms with E-state index in [0.717, 1.165) is 0 Å². The molecule has 0 saturated carbocycles. The molecular weight excluding hydrogens is 260 g/mol. The number of likely N-dealkylation sites (N-methyl/N-ethyl adjacent to an activating group) is 1. The predicted molar refractivity (Wildman–Crippen MR) is 71.2 cm³/mol. The number of rotatable bonds is 6. The highest BCUT2D eigenvalue weighted by molar-refractivity contribution is 5.86. The van der Waals surface area contributed by atoms with Crippen molar-refractivity contribution >= 4 is 11.9 Å². The quantitative estimate of drug-likeness (QED) is 0.873. The molecule has 2 rings (SSSR count). The van der Waals surface area contributed by atoms with Crippen LogP contribution in [0.5, 0.6) is 0 Å². The summed E-state index contributed by atoms with van der Waals surface area (Å²) in [6.45, 7) is 2.78. The normalized spacial score (nSPS) is 10.4. The number of furan rings is 1. The molecule has 0 spiro atoms. The van der Waals surface area contributed by atoms with Gasteiger partial charge in [-0.2, -0.15) is 0 Å². The first-order valence-electron chi connectivity index (χ1n) is 6.30. The minimum atomic E-state index is -1.04. The highest BCUT2D eigenvalue weighted by Gasteiger charge is 2.17. The first-order chi connectivity index (χ1) is 9.61. The Balaban J connectivity index is 2.05.